The maximum absolute atomic E-state index is 13.2. The van der Waals surface area contributed by atoms with E-state index in [1.165, 1.54) is 24.0 Å². The second-order valence-corrected chi connectivity index (χ2v) is 7.46. The Morgan fingerprint density at radius 2 is 1.77 bits per heavy atom. The third-order valence-corrected chi connectivity index (χ3v) is 5.44. The standard InChI is InChI=1S/C18H17F3N2O2S/c19-14-8-11(9-15(20)17(14)21)23-18(25)10-5-6-22-16(7-10)26-13-3-1-12(24)2-4-13/h5-9,12-13,24H,1-4H2,(H,23,25). The molecule has 1 heterocycles. The fourth-order valence-electron chi connectivity index (χ4n) is 2.78. The van der Waals surface area contributed by atoms with Gasteiger partial charge in [-0.05, 0) is 37.8 Å². The van der Waals surface area contributed by atoms with Crippen LogP contribution in [0.3, 0.4) is 0 Å². The lowest BCUT2D eigenvalue weighted by atomic mass is 9.97. The topological polar surface area (TPSA) is 62.2 Å². The molecule has 1 fully saturated rings. The number of rotatable bonds is 4. The summed E-state index contributed by atoms with van der Waals surface area (Å²) in [6.45, 7) is 0. The van der Waals surface area contributed by atoms with E-state index in [1.807, 2.05) is 0 Å². The highest BCUT2D eigenvalue weighted by atomic mass is 32.2. The highest BCUT2D eigenvalue weighted by molar-refractivity contribution is 7.99. The first-order chi connectivity index (χ1) is 12.4. The van der Waals surface area contributed by atoms with E-state index in [1.54, 1.807) is 6.07 Å². The van der Waals surface area contributed by atoms with Crippen LogP contribution in [0.1, 0.15) is 36.0 Å². The van der Waals surface area contributed by atoms with Gasteiger partial charge >= 0.3 is 0 Å². The predicted octanol–water partition coefficient (Wildman–Crippen LogP) is 4.15. The highest BCUT2D eigenvalue weighted by Crippen LogP contribution is 2.33. The Bertz CT molecular complexity index is 788. The summed E-state index contributed by atoms with van der Waals surface area (Å²) in [5.41, 5.74) is 0.113. The average Bonchev–Trinajstić information content (AvgIpc) is 2.62. The maximum atomic E-state index is 13.2. The maximum Gasteiger partial charge on any atom is 0.255 e. The predicted molar refractivity (Wildman–Crippen MR) is 92.6 cm³/mol. The Labute approximate surface area is 152 Å². The molecule has 1 amide bonds. The third-order valence-electron chi connectivity index (χ3n) is 4.17. The van der Waals surface area contributed by atoms with Crippen molar-refractivity contribution in [3.63, 3.8) is 0 Å². The number of amides is 1. The van der Waals surface area contributed by atoms with Gasteiger partial charge in [0.05, 0.1) is 11.1 Å². The van der Waals surface area contributed by atoms with Crippen molar-refractivity contribution in [2.45, 2.75) is 42.1 Å². The number of carbonyl (C=O) groups is 1. The number of thioether (sulfide) groups is 1. The Hall–Kier alpha value is -2.06. The summed E-state index contributed by atoms with van der Waals surface area (Å²) in [6, 6.07) is 4.53. The first kappa shape index (κ1) is 18.7. The van der Waals surface area contributed by atoms with Crippen LogP contribution < -0.4 is 5.32 Å². The largest absolute Gasteiger partial charge is 0.393 e. The molecule has 0 aliphatic heterocycles. The van der Waals surface area contributed by atoms with Crippen LogP contribution in [0.4, 0.5) is 18.9 Å². The quantitative estimate of drug-likeness (QED) is 0.780. The Balaban J connectivity index is 1.68. The average molecular weight is 382 g/mol. The van der Waals surface area contributed by atoms with Gasteiger partial charge in [0, 0.05) is 34.8 Å². The highest BCUT2D eigenvalue weighted by Gasteiger charge is 2.21. The minimum Gasteiger partial charge on any atom is -0.393 e. The number of hydrogen-bond acceptors (Lipinski definition) is 4. The third kappa shape index (κ3) is 4.56. The summed E-state index contributed by atoms with van der Waals surface area (Å²) in [5.74, 6) is -4.89. The van der Waals surface area contributed by atoms with Crippen LogP contribution in [0.15, 0.2) is 35.5 Å². The van der Waals surface area contributed by atoms with E-state index in [0.717, 1.165) is 37.8 Å². The van der Waals surface area contributed by atoms with Crippen molar-refractivity contribution in [3.8, 4) is 0 Å². The molecule has 1 saturated carbocycles. The van der Waals surface area contributed by atoms with Gasteiger partial charge in [-0.15, -0.1) is 11.8 Å². The van der Waals surface area contributed by atoms with Crippen molar-refractivity contribution >= 4 is 23.4 Å². The van der Waals surface area contributed by atoms with Crippen LogP contribution in [0, 0.1) is 17.5 Å². The fraction of sp³-hybridized carbons (Fsp3) is 0.333. The molecule has 2 N–H and O–H groups in total. The molecule has 3 rings (SSSR count). The fourth-order valence-corrected chi connectivity index (χ4v) is 3.95. The van der Waals surface area contributed by atoms with Crippen molar-refractivity contribution in [3.05, 3.63) is 53.5 Å². The zero-order valence-electron chi connectivity index (χ0n) is 13.7. The first-order valence-electron chi connectivity index (χ1n) is 8.19. The number of benzene rings is 1. The number of nitrogens with zero attached hydrogens (tertiary/aromatic N) is 1. The minimum absolute atomic E-state index is 0.168. The molecule has 8 heteroatoms. The smallest absolute Gasteiger partial charge is 0.255 e. The van der Waals surface area contributed by atoms with Gasteiger partial charge in [0.25, 0.3) is 5.91 Å². The van der Waals surface area contributed by atoms with E-state index in [4.69, 9.17) is 0 Å². The second-order valence-electron chi connectivity index (χ2n) is 6.14. The number of pyridine rings is 1. The second kappa shape index (κ2) is 8.09. The van der Waals surface area contributed by atoms with Crippen LogP contribution in [-0.4, -0.2) is 27.4 Å². The number of halogens is 3. The molecule has 0 saturated heterocycles. The Morgan fingerprint density at radius 3 is 2.42 bits per heavy atom. The van der Waals surface area contributed by atoms with Crippen LogP contribution in [0.2, 0.25) is 0 Å². The summed E-state index contributed by atoms with van der Waals surface area (Å²) < 4.78 is 39.5. The van der Waals surface area contributed by atoms with Crippen LogP contribution in [0.25, 0.3) is 0 Å². The lowest BCUT2D eigenvalue weighted by Gasteiger charge is -2.24. The normalized spacial score (nSPS) is 20.0. The van der Waals surface area contributed by atoms with Gasteiger partial charge in [-0.25, -0.2) is 18.2 Å². The van der Waals surface area contributed by atoms with Gasteiger partial charge < -0.3 is 10.4 Å². The molecule has 0 unspecified atom stereocenters. The molecule has 26 heavy (non-hydrogen) atoms. The van der Waals surface area contributed by atoms with E-state index in [2.05, 4.69) is 10.3 Å². The molecule has 0 atom stereocenters. The molecule has 1 aliphatic rings. The Morgan fingerprint density at radius 1 is 1.12 bits per heavy atom. The summed E-state index contributed by atoms with van der Waals surface area (Å²) in [7, 11) is 0. The molecule has 0 spiro atoms. The molecule has 1 aromatic carbocycles. The zero-order chi connectivity index (χ0) is 18.7. The van der Waals surface area contributed by atoms with Crippen molar-refractivity contribution < 1.29 is 23.1 Å². The van der Waals surface area contributed by atoms with Gasteiger partial charge in [0.2, 0.25) is 0 Å². The number of aliphatic hydroxyl groups is 1. The molecular formula is C18H17F3N2O2S. The van der Waals surface area contributed by atoms with E-state index in [-0.39, 0.29) is 17.4 Å². The SMILES string of the molecule is O=C(Nc1cc(F)c(F)c(F)c1)c1ccnc(SC2CCC(O)CC2)c1. The molecule has 1 aliphatic carbocycles. The lowest BCUT2D eigenvalue weighted by molar-refractivity contribution is 0.102. The minimum atomic E-state index is -1.58. The number of hydrogen-bond donors (Lipinski definition) is 2. The van der Waals surface area contributed by atoms with Crippen LogP contribution >= 0.6 is 11.8 Å². The number of nitrogens with one attached hydrogen (secondary N) is 1. The summed E-state index contributed by atoms with van der Waals surface area (Å²) in [5, 5.41) is 12.9. The van der Waals surface area contributed by atoms with Crippen LogP contribution in [0.5, 0.6) is 0 Å². The van der Waals surface area contributed by atoms with E-state index in [9.17, 15) is 23.1 Å². The molecule has 138 valence electrons. The summed E-state index contributed by atoms with van der Waals surface area (Å²) in [6.07, 6.45) is 4.49. The van der Waals surface area contributed by atoms with Gasteiger partial charge in [0.15, 0.2) is 17.5 Å². The number of aromatic nitrogens is 1. The zero-order valence-corrected chi connectivity index (χ0v) is 14.5. The molecule has 2 aromatic rings. The van der Waals surface area contributed by atoms with E-state index in [0.29, 0.717) is 10.3 Å². The molecular weight excluding hydrogens is 365 g/mol. The summed E-state index contributed by atoms with van der Waals surface area (Å²) >= 11 is 1.54. The monoisotopic (exact) mass is 382 g/mol. The molecule has 4 nitrogen and oxygen atoms in total. The Kier molecular flexibility index (Phi) is 5.83. The van der Waals surface area contributed by atoms with Gasteiger partial charge in [-0.1, -0.05) is 0 Å². The van der Waals surface area contributed by atoms with E-state index >= 15 is 0 Å². The lowest BCUT2D eigenvalue weighted by Crippen LogP contribution is -2.19. The van der Waals surface area contributed by atoms with Crippen LogP contribution in [-0.2, 0) is 0 Å². The number of carbonyl (C=O) groups excluding carboxylic acids is 1. The van der Waals surface area contributed by atoms with Crippen molar-refractivity contribution in [1.29, 1.82) is 0 Å². The summed E-state index contributed by atoms with van der Waals surface area (Å²) in [4.78, 5) is 16.5. The number of aliphatic hydroxyl groups excluding tert-OH is 1. The first-order valence-corrected chi connectivity index (χ1v) is 9.07. The van der Waals surface area contributed by atoms with Gasteiger partial charge in [-0.3, -0.25) is 4.79 Å². The van der Waals surface area contributed by atoms with Crippen molar-refractivity contribution in [1.82, 2.24) is 4.98 Å². The van der Waals surface area contributed by atoms with E-state index < -0.39 is 23.4 Å². The van der Waals surface area contributed by atoms with Crippen molar-refractivity contribution in [2.24, 2.45) is 0 Å². The van der Waals surface area contributed by atoms with Crippen molar-refractivity contribution in [2.75, 3.05) is 5.32 Å². The van der Waals surface area contributed by atoms with Gasteiger partial charge in [-0.2, -0.15) is 0 Å². The molecule has 0 radical (unpaired) electrons. The molecule has 1 aromatic heterocycles. The molecule has 0 bridgehead atoms. The van der Waals surface area contributed by atoms with Gasteiger partial charge in [0.1, 0.15) is 0 Å². The number of anilines is 1.